The number of benzene rings is 1. The fourth-order valence-electron chi connectivity index (χ4n) is 1.33. The van der Waals surface area contributed by atoms with Crippen LogP contribution < -0.4 is 10.1 Å². The van der Waals surface area contributed by atoms with E-state index in [2.05, 4.69) is 5.32 Å². The summed E-state index contributed by atoms with van der Waals surface area (Å²) in [6.07, 6.45) is 0.583. The Balaban J connectivity index is 2.96. The molecule has 0 fully saturated rings. The molecule has 0 atom stereocenters. The number of carboxylic acids is 1. The van der Waals surface area contributed by atoms with Crippen molar-refractivity contribution in [1.29, 1.82) is 0 Å². The van der Waals surface area contributed by atoms with Crippen LogP contribution in [0.15, 0.2) is 12.1 Å². The molecular formula is C11H14ClNO4. The van der Waals surface area contributed by atoms with Crippen molar-refractivity contribution in [3.63, 3.8) is 0 Å². The highest BCUT2D eigenvalue weighted by molar-refractivity contribution is 6.33. The summed E-state index contributed by atoms with van der Waals surface area (Å²) >= 11 is 5.94. The van der Waals surface area contributed by atoms with Crippen LogP contribution in [0.2, 0.25) is 5.02 Å². The van der Waals surface area contributed by atoms with Gasteiger partial charge in [-0.1, -0.05) is 11.6 Å². The van der Waals surface area contributed by atoms with Crippen molar-refractivity contribution in [2.24, 2.45) is 0 Å². The lowest BCUT2D eigenvalue weighted by molar-refractivity contribution is 0.0693. The molecule has 17 heavy (non-hydrogen) atoms. The molecule has 0 aromatic heterocycles. The van der Waals surface area contributed by atoms with Crippen LogP contribution in [0.4, 0.5) is 5.69 Å². The molecule has 0 heterocycles. The van der Waals surface area contributed by atoms with Gasteiger partial charge in [0.1, 0.15) is 11.3 Å². The first-order chi connectivity index (χ1) is 8.10. The largest absolute Gasteiger partial charge is 0.496 e. The molecule has 0 saturated heterocycles. The van der Waals surface area contributed by atoms with E-state index in [-0.39, 0.29) is 17.9 Å². The number of carbonyl (C=O) groups is 1. The summed E-state index contributed by atoms with van der Waals surface area (Å²) in [5.74, 6) is -0.848. The number of carboxylic acid groups (broad SMARTS) is 1. The maximum absolute atomic E-state index is 10.9. The minimum absolute atomic E-state index is 0.0187. The lowest BCUT2D eigenvalue weighted by Crippen LogP contribution is -2.06. The summed E-state index contributed by atoms with van der Waals surface area (Å²) in [4.78, 5) is 10.9. The van der Waals surface area contributed by atoms with Gasteiger partial charge in [0, 0.05) is 19.2 Å². The number of ether oxygens (including phenoxy) is 1. The van der Waals surface area contributed by atoms with E-state index in [1.165, 1.54) is 19.2 Å². The molecule has 6 heteroatoms. The van der Waals surface area contributed by atoms with E-state index >= 15 is 0 Å². The molecule has 0 radical (unpaired) electrons. The van der Waals surface area contributed by atoms with Crippen molar-refractivity contribution in [3.8, 4) is 5.75 Å². The number of hydrogen-bond donors (Lipinski definition) is 3. The number of aliphatic hydroxyl groups is 1. The number of hydrogen-bond acceptors (Lipinski definition) is 4. The van der Waals surface area contributed by atoms with Crippen LogP contribution >= 0.6 is 11.6 Å². The summed E-state index contributed by atoms with van der Waals surface area (Å²) in [5, 5.41) is 20.9. The maximum atomic E-state index is 10.9. The molecule has 0 saturated carbocycles. The number of aliphatic hydroxyl groups excluding tert-OH is 1. The van der Waals surface area contributed by atoms with E-state index in [1.807, 2.05) is 0 Å². The number of methoxy groups -OCH3 is 1. The molecule has 0 unspecified atom stereocenters. The Labute approximate surface area is 104 Å². The van der Waals surface area contributed by atoms with E-state index in [1.54, 1.807) is 0 Å². The molecule has 0 aliphatic heterocycles. The number of aromatic carboxylic acids is 1. The van der Waals surface area contributed by atoms with Gasteiger partial charge in [-0.3, -0.25) is 0 Å². The molecule has 1 aromatic carbocycles. The Morgan fingerprint density at radius 2 is 2.24 bits per heavy atom. The first-order valence-corrected chi connectivity index (χ1v) is 5.43. The Morgan fingerprint density at radius 3 is 2.76 bits per heavy atom. The summed E-state index contributed by atoms with van der Waals surface area (Å²) in [5.41, 5.74) is 0.604. The third-order valence-corrected chi connectivity index (χ3v) is 2.48. The molecular weight excluding hydrogens is 246 g/mol. The van der Waals surface area contributed by atoms with Crippen LogP contribution in [-0.4, -0.2) is 36.4 Å². The molecule has 0 aliphatic rings. The number of halogens is 1. The number of nitrogens with one attached hydrogen (secondary N) is 1. The Bertz CT molecular complexity index is 409. The van der Waals surface area contributed by atoms with Gasteiger partial charge in [0.2, 0.25) is 0 Å². The zero-order chi connectivity index (χ0) is 12.8. The van der Waals surface area contributed by atoms with Crippen molar-refractivity contribution in [1.82, 2.24) is 0 Å². The van der Waals surface area contributed by atoms with Crippen LogP contribution in [-0.2, 0) is 0 Å². The van der Waals surface area contributed by atoms with Crippen molar-refractivity contribution < 1.29 is 19.7 Å². The number of rotatable bonds is 6. The molecule has 0 spiro atoms. The van der Waals surface area contributed by atoms with Gasteiger partial charge in [-0.2, -0.15) is 0 Å². The molecule has 0 bridgehead atoms. The van der Waals surface area contributed by atoms with Crippen molar-refractivity contribution in [2.75, 3.05) is 25.6 Å². The topological polar surface area (TPSA) is 78.8 Å². The smallest absolute Gasteiger partial charge is 0.339 e. The lowest BCUT2D eigenvalue weighted by atomic mass is 10.1. The zero-order valence-electron chi connectivity index (χ0n) is 9.36. The highest BCUT2D eigenvalue weighted by Gasteiger charge is 2.14. The molecule has 1 rings (SSSR count). The van der Waals surface area contributed by atoms with Gasteiger partial charge in [0.15, 0.2) is 0 Å². The molecule has 3 N–H and O–H groups in total. The van der Waals surface area contributed by atoms with Crippen molar-refractivity contribution in [2.45, 2.75) is 6.42 Å². The van der Waals surface area contributed by atoms with E-state index in [9.17, 15) is 4.79 Å². The minimum atomic E-state index is -1.09. The predicted molar refractivity (Wildman–Crippen MR) is 65.2 cm³/mol. The first-order valence-electron chi connectivity index (χ1n) is 5.05. The summed E-state index contributed by atoms with van der Waals surface area (Å²) < 4.78 is 4.98. The summed E-state index contributed by atoms with van der Waals surface area (Å²) in [6.45, 7) is 0.626. The van der Waals surface area contributed by atoms with Crippen LogP contribution in [0.3, 0.4) is 0 Å². The number of anilines is 1. The second-order valence-corrected chi connectivity index (χ2v) is 3.75. The minimum Gasteiger partial charge on any atom is -0.496 e. The van der Waals surface area contributed by atoms with Gasteiger partial charge in [0.25, 0.3) is 0 Å². The average molecular weight is 260 g/mol. The first kappa shape index (κ1) is 13.6. The average Bonchev–Trinajstić information content (AvgIpc) is 2.30. The van der Waals surface area contributed by atoms with Crippen LogP contribution in [0.5, 0.6) is 5.75 Å². The molecule has 1 aromatic rings. The van der Waals surface area contributed by atoms with Crippen molar-refractivity contribution >= 4 is 23.3 Å². The Hall–Kier alpha value is -1.46. The molecule has 0 aliphatic carbocycles. The Kier molecular flexibility index (Phi) is 5.06. The third-order valence-electron chi connectivity index (χ3n) is 2.17. The van der Waals surface area contributed by atoms with Crippen LogP contribution in [0.1, 0.15) is 16.8 Å². The molecule has 94 valence electrons. The van der Waals surface area contributed by atoms with Gasteiger partial charge in [-0.05, 0) is 12.5 Å². The molecule has 5 nitrogen and oxygen atoms in total. The second-order valence-electron chi connectivity index (χ2n) is 3.34. The lowest BCUT2D eigenvalue weighted by Gasteiger charge is -2.11. The van der Waals surface area contributed by atoms with Gasteiger partial charge in [-0.15, -0.1) is 0 Å². The SMILES string of the molecule is COc1cc(NCCCO)c(Cl)cc1C(=O)O. The second kappa shape index (κ2) is 6.32. The van der Waals surface area contributed by atoms with Gasteiger partial charge in [0.05, 0.1) is 17.8 Å². The van der Waals surface area contributed by atoms with E-state index in [0.29, 0.717) is 23.7 Å². The highest BCUT2D eigenvalue weighted by atomic mass is 35.5. The summed E-state index contributed by atoms with van der Waals surface area (Å²) in [7, 11) is 1.40. The standard InChI is InChI=1S/C11H14ClNO4/c1-17-10-6-9(13-3-2-4-14)8(12)5-7(10)11(15)16/h5-6,13-14H,2-4H2,1H3,(H,15,16). The Morgan fingerprint density at radius 1 is 1.53 bits per heavy atom. The zero-order valence-corrected chi connectivity index (χ0v) is 10.1. The van der Waals surface area contributed by atoms with Gasteiger partial charge >= 0.3 is 5.97 Å². The van der Waals surface area contributed by atoms with Gasteiger partial charge < -0.3 is 20.3 Å². The van der Waals surface area contributed by atoms with Crippen molar-refractivity contribution in [3.05, 3.63) is 22.7 Å². The van der Waals surface area contributed by atoms with E-state index in [4.69, 9.17) is 26.6 Å². The predicted octanol–water partition coefficient (Wildman–Crippen LogP) is 1.84. The van der Waals surface area contributed by atoms with E-state index in [0.717, 1.165) is 0 Å². The fourth-order valence-corrected chi connectivity index (χ4v) is 1.56. The van der Waals surface area contributed by atoms with E-state index < -0.39 is 5.97 Å². The normalized spacial score (nSPS) is 10.1. The molecule has 0 amide bonds. The maximum Gasteiger partial charge on any atom is 0.339 e. The summed E-state index contributed by atoms with van der Waals surface area (Å²) in [6, 6.07) is 2.87. The third kappa shape index (κ3) is 3.51. The fraction of sp³-hybridized carbons (Fsp3) is 0.364. The quantitative estimate of drug-likeness (QED) is 0.680. The van der Waals surface area contributed by atoms with Gasteiger partial charge in [-0.25, -0.2) is 4.79 Å². The van der Waals surface area contributed by atoms with Crippen LogP contribution in [0, 0.1) is 0 Å². The highest BCUT2D eigenvalue weighted by Crippen LogP contribution is 2.30. The van der Waals surface area contributed by atoms with Crippen LogP contribution in [0.25, 0.3) is 0 Å². The monoisotopic (exact) mass is 259 g/mol.